The highest BCUT2D eigenvalue weighted by Crippen LogP contribution is 2.29. The zero-order valence-corrected chi connectivity index (χ0v) is 8.53. The molecule has 0 radical (unpaired) electrons. The Morgan fingerprint density at radius 1 is 1.36 bits per heavy atom. The summed E-state index contributed by atoms with van der Waals surface area (Å²) in [5.74, 6) is 0.778. The van der Waals surface area contributed by atoms with E-state index in [0.717, 1.165) is 12.0 Å². The van der Waals surface area contributed by atoms with Crippen LogP contribution in [0.3, 0.4) is 0 Å². The first-order valence-corrected chi connectivity index (χ1v) is 5.22. The monoisotopic (exact) mass is 188 g/mol. The lowest BCUT2D eigenvalue weighted by atomic mass is 9.88. The molecular weight excluding hydrogens is 172 g/mol. The van der Waals surface area contributed by atoms with Crippen LogP contribution in [0.4, 0.5) is 0 Å². The molecule has 1 nitrogen and oxygen atoms in total. The molecule has 0 aromatic carbocycles. The molecule has 0 fully saturated rings. The van der Waals surface area contributed by atoms with E-state index < -0.39 is 0 Å². The smallest absolute Gasteiger partial charge is 0.106 e. The fourth-order valence-corrected chi connectivity index (χ4v) is 2.09. The summed E-state index contributed by atoms with van der Waals surface area (Å²) in [5, 5.41) is 10.0. The summed E-state index contributed by atoms with van der Waals surface area (Å²) in [7, 11) is 0. The van der Waals surface area contributed by atoms with Gasteiger partial charge in [0.05, 0.1) is 0 Å². The quantitative estimate of drug-likeness (QED) is 0.491. The molecule has 14 heavy (non-hydrogen) atoms. The number of allylic oxidation sites excluding steroid dienone is 7. The highest BCUT2D eigenvalue weighted by Gasteiger charge is 2.17. The number of hydrogen-bond acceptors (Lipinski definition) is 1. The Bertz CT molecular complexity index is 328. The second-order valence-corrected chi connectivity index (χ2v) is 4.07. The van der Waals surface area contributed by atoms with Gasteiger partial charge in [0.1, 0.15) is 5.76 Å². The van der Waals surface area contributed by atoms with Crippen molar-refractivity contribution >= 4 is 0 Å². The van der Waals surface area contributed by atoms with Crippen molar-refractivity contribution in [1.29, 1.82) is 0 Å². The third-order valence-electron chi connectivity index (χ3n) is 2.88. The average molecular weight is 188 g/mol. The molecule has 0 heterocycles. The third-order valence-corrected chi connectivity index (χ3v) is 2.88. The number of hydrogen-bond donors (Lipinski definition) is 1. The molecule has 0 amide bonds. The number of aliphatic hydroxyl groups excluding tert-OH is 1. The Morgan fingerprint density at radius 3 is 2.71 bits per heavy atom. The van der Waals surface area contributed by atoms with Gasteiger partial charge in [-0.25, -0.2) is 0 Å². The maximum absolute atomic E-state index is 10.0. The van der Waals surface area contributed by atoms with E-state index in [1.165, 1.54) is 18.4 Å². The molecule has 0 saturated carbocycles. The SMILES string of the molecule is CC1=CC(C(O)=C2C=CC=C2)CCC1. The molecular formula is C13H16O. The minimum Gasteiger partial charge on any atom is -0.511 e. The van der Waals surface area contributed by atoms with Crippen LogP contribution >= 0.6 is 0 Å². The Kier molecular flexibility index (Phi) is 2.58. The molecule has 0 saturated heterocycles. The molecule has 2 rings (SSSR count). The minimum absolute atomic E-state index is 0.242. The summed E-state index contributed by atoms with van der Waals surface area (Å²) in [6.45, 7) is 2.14. The van der Waals surface area contributed by atoms with Gasteiger partial charge in [-0.15, -0.1) is 0 Å². The summed E-state index contributed by atoms with van der Waals surface area (Å²) < 4.78 is 0. The molecule has 0 aliphatic heterocycles. The largest absolute Gasteiger partial charge is 0.511 e. The van der Waals surface area contributed by atoms with E-state index in [9.17, 15) is 5.11 Å². The second kappa shape index (κ2) is 3.87. The van der Waals surface area contributed by atoms with Gasteiger partial charge in [-0.3, -0.25) is 0 Å². The molecule has 0 spiro atoms. The summed E-state index contributed by atoms with van der Waals surface area (Å²) >= 11 is 0. The highest BCUT2D eigenvalue weighted by molar-refractivity contribution is 5.43. The first kappa shape index (κ1) is 9.32. The van der Waals surface area contributed by atoms with Crippen molar-refractivity contribution in [3.05, 3.63) is 47.3 Å². The van der Waals surface area contributed by atoms with E-state index in [1.54, 1.807) is 0 Å². The van der Waals surface area contributed by atoms with Gasteiger partial charge in [0.15, 0.2) is 0 Å². The Balaban J connectivity index is 2.23. The van der Waals surface area contributed by atoms with Gasteiger partial charge in [0.25, 0.3) is 0 Å². The van der Waals surface area contributed by atoms with Gasteiger partial charge in [-0.2, -0.15) is 0 Å². The van der Waals surface area contributed by atoms with Gasteiger partial charge >= 0.3 is 0 Å². The van der Waals surface area contributed by atoms with Gasteiger partial charge in [-0.05, 0) is 26.2 Å². The van der Waals surface area contributed by atoms with Crippen molar-refractivity contribution in [3.8, 4) is 0 Å². The predicted octanol–water partition coefficient (Wildman–Crippen LogP) is 3.67. The summed E-state index contributed by atoms with van der Waals surface area (Å²) in [4.78, 5) is 0. The Morgan fingerprint density at radius 2 is 2.07 bits per heavy atom. The molecule has 2 aliphatic rings. The van der Waals surface area contributed by atoms with E-state index in [-0.39, 0.29) is 5.92 Å². The van der Waals surface area contributed by atoms with Crippen LogP contribution in [0.1, 0.15) is 26.2 Å². The van der Waals surface area contributed by atoms with E-state index >= 15 is 0 Å². The summed E-state index contributed by atoms with van der Waals surface area (Å²) in [6.07, 6.45) is 13.5. The van der Waals surface area contributed by atoms with Crippen LogP contribution in [0.15, 0.2) is 47.3 Å². The Hall–Kier alpha value is -1.24. The standard InChI is InChI=1S/C13H16O/c1-10-5-4-8-12(9-10)13(14)11-6-2-3-7-11/h2-3,6-7,9,12,14H,4-5,8H2,1H3. The van der Waals surface area contributed by atoms with Gasteiger partial charge in [0.2, 0.25) is 0 Å². The van der Waals surface area contributed by atoms with Gasteiger partial charge in [0, 0.05) is 11.5 Å². The van der Waals surface area contributed by atoms with Crippen LogP contribution in [0.2, 0.25) is 0 Å². The van der Waals surface area contributed by atoms with Crippen LogP contribution in [0, 0.1) is 5.92 Å². The van der Waals surface area contributed by atoms with E-state index in [1.807, 2.05) is 24.3 Å². The molecule has 1 atom stereocenters. The fraction of sp³-hybridized carbons (Fsp3) is 0.385. The van der Waals surface area contributed by atoms with Gasteiger partial charge < -0.3 is 5.11 Å². The normalized spacial score (nSPS) is 25.4. The number of rotatable bonds is 1. The average Bonchev–Trinajstić information content (AvgIpc) is 2.69. The van der Waals surface area contributed by atoms with E-state index in [4.69, 9.17) is 0 Å². The number of aliphatic hydroxyl groups is 1. The lowest BCUT2D eigenvalue weighted by Gasteiger charge is -2.19. The van der Waals surface area contributed by atoms with Crippen molar-refractivity contribution < 1.29 is 5.11 Å². The maximum atomic E-state index is 10.0. The molecule has 2 aliphatic carbocycles. The van der Waals surface area contributed by atoms with Crippen molar-refractivity contribution in [3.63, 3.8) is 0 Å². The molecule has 1 heteroatoms. The maximum Gasteiger partial charge on any atom is 0.106 e. The van der Waals surface area contributed by atoms with Crippen molar-refractivity contribution in [1.82, 2.24) is 0 Å². The zero-order chi connectivity index (χ0) is 9.97. The summed E-state index contributed by atoms with van der Waals surface area (Å²) in [6, 6.07) is 0. The second-order valence-electron chi connectivity index (χ2n) is 4.07. The summed E-state index contributed by atoms with van der Waals surface area (Å²) in [5.41, 5.74) is 2.38. The molecule has 74 valence electrons. The first-order chi connectivity index (χ1) is 6.77. The van der Waals surface area contributed by atoms with Crippen LogP contribution in [0.5, 0.6) is 0 Å². The van der Waals surface area contributed by atoms with Crippen molar-refractivity contribution in [2.24, 2.45) is 5.92 Å². The first-order valence-electron chi connectivity index (χ1n) is 5.22. The third kappa shape index (κ3) is 1.82. The zero-order valence-electron chi connectivity index (χ0n) is 8.53. The van der Waals surface area contributed by atoms with Crippen LogP contribution in [-0.2, 0) is 0 Å². The molecule has 0 bridgehead atoms. The molecule has 1 unspecified atom stereocenters. The van der Waals surface area contributed by atoms with Crippen molar-refractivity contribution in [2.75, 3.05) is 0 Å². The van der Waals surface area contributed by atoms with Crippen LogP contribution in [-0.4, -0.2) is 5.11 Å². The molecule has 1 N–H and O–H groups in total. The lowest BCUT2D eigenvalue weighted by Crippen LogP contribution is -2.07. The molecule has 0 aromatic rings. The van der Waals surface area contributed by atoms with Crippen molar-refractivity contribution in [2.45, 2.75) is 26.2 Å². The van der Waals surface area contributed by atoms with Gasteiger partial charge in [-0.1, -0.05) is 36.0 Å². The predicted molar refractivity (Wildman–Crippen MR) is 59.0 cm³/mol. The fourth-order valence-electron chi connectivity index (χ4n) is 2.09. The highest BCUT2D eigenvalue weighted by atomic mass is 16.3. The van der Waals surface area contributed by atoms with E-state index in [2.05, 4.69) is 13.0 Å². The topological polar surface area (TPSA) is 20.2 Å². The molecule has 0 aromatic heterocycles. The minimum atomic E-state index is 0.242. The lowest BCUT2D eigenvalue weighted by molar-refractivity contribution is 0.336. The van der Waals surface area contributed by atoms with Crippen LogP contribution in [0.25, 0.3) is 0 Å². The van der Waals surface area contributed by atoms with Crippen LogP contribution < -0.4 is 0 Å². The Labute approximate surface area is 85.1 Å². The van der Waals surface area contributed by atoms with E-state index in [0.29, 0.717) is 5.76 Å².